The van der Waals surface area contributed by atoms with E-state index in [0.29, 0.717) is 6.04 Å². The number of piperidine rings is 1. The Kier molecular flexibility index (Phi) is 4.01. The number of rotatable bonds is 3. The van der Waals surface area contributed by atoms with Gasteiger partial charge in [-0.1, -0.05) is 0 Å². The quantitative estimate of drug-likeness (QED) is 0.893. The topological polar surface area (TPSA) is 39.6 Å². The van der Waals surface area contributed by atoms with Gasteiger partial charge in [-0.05, 0) is 39.9 Å². The van der Waals surface area contributed by atoms with Gasteiger partial charge in [0.2, 0.25) is 0 Å². The maximum Gasteiger partial charge on any atom is 0.185 e. The van der Waals surface area contributed by atoms with E-state index in [1.807, 2.05) is 5.38 Å². The first kappa shape index (κ1) is 12.8. The SMILES string of the molecule is CC(O)c1csc(N(C)C2CCN(C)CC2)n1. The molecule has 96 valence electrons. The van der Waals surface area contributed by atoms with E-state index >= 15 is 0 Å². The van der Waals surface area contributed by atoms with Crippen LogP contribution in [0.15, 0.2) is 5.38 Å². The molecule has 1 unspecified atom stereocenters. The van der Waals surface area contributed by atoms with Crippen molar-refractivity contribution in [2.45, 2.75) is 31.9 Å². The lowest BCUT2D eigenvalue weighted by molar-refractivity contribution is 0.195. The van der Waals surface area contributed by atoms with Crippen LogP contribution in [0.3, 0.4) is 0 Å². The first-order chi connectivity index (χ1) is 8.08. The number of nitrogens with zero attached hydrogens (tertiary/aromatic N) is 3. The molecule has 0 amide bonds. The average Bonchev–Trinajstić information content (AvgIpc) is 2.78. The van der Waals surface area contributed by atoms with E-state index in [0.717, 1.165) is 23.9 Å². The fourth-order valence-corrected chi connectivity index (χ4v) is 3.12. The van der Waals surface area contributed by atoms with E-state index in [2.05, 4.69) is 28.9 Å². The molecule has 2 heterocycles. The van der Waals surface area contributed by atoms with Crippen LogP contribution in [0.1, 0.15) is 31.6 Å². The normalized spacial score (nSPS) is 20.5. The van der Waals surface area contributed by atoms with Crippen molar-refractivity contribution >= 4 is 16.5 Å². The molecular formula is C12H21N3OS. The molecule has 17 heavy (non-hydrogen) atoms. The predicted octanol–water partition coefficient (Wildman–Crippen LogP) is 1.73. The number of anilines is 1. The van der Waals surface area contributed by atoms with E-state index in [1.54, 1.807) is 18.3 Å². The summed E-state index contributed by atoms with van der Waals surface area (Å²) in [5.41, 5.74) is 0.782. The molecule has 5 heteroatoms. The third-order valence-corrected chi connectivity index (χ3v) is 4.42. The van der Waals surface area contributed by atoms with Crippen molar-refractivity contribution < 1.29 is 5.11 Å². The van der Waals surface area contributed by atoms with Crippen LogP contribution >= 0.6 is 11.3 Å². The summed E-state index contributed by atoms with van der Waals surface area (Å²) in [6.07, 6.45) is 1.92. The van der Waals surface area contributed by atoms with Crippen LogP contribution < -0.4 is 4.90 Å². The van der Waals surface area contributed by atoms with Gasteiger partial charge in [0.05, 0.1) is 11.8 Å². The zero-order chi connectivity index (χ0) is 12.4. The second kappa shape index (κ2) is 5.33. The molecule has 4 nitrogen and oxygen atoms in total. The number of likely N-dealkylation sites (tertiary alicyclic amines) is 1. The molecule has 1 aromatic heterocycles. The van der Waals surface area contributed by atoms with Crippen molar-refractivity contribution in [2.75, 3.05) is 32.1 Å². The number of hydrogen-bond acceptors (Lipinski definition) is 5. The Hall–Kier alpha value is -0.650. The molecule has 1 fully saturated rings. The molecule has 1 aromatic rings. The minimum absolute atomic E-state index is 0.467. The van der Waals surface area contributed by atoms with E-state index in [1.165, 1.54) is 12.8 Å². The summed E-state index contributed by atoms with van der Waals surface area (Å²) in [5.74, 6) is 0. The number of aliphatic hydroxyl groups is 1. The summed E-state index contributed by atoms with van der Waals surface area (Å²) in [6.45, 7) is 4.07. The van der Waals surface area contributed by atoms with Crippen LogP contribution in [0, 0.1) is 0 Å². The Bertz CT molecular complexity index is 358. The maximum absolute atomic E-state index is 9.48. The highest BCUT2D eigenvalue weighted by atomic mass is 32.1. The highest BCUT2D eigenvalue weighted by Crippen LogP contribution is 2.27. The number of hydrogen-bond donors (Lipinski definition) is 1. The van der Waals surface area contributed by atoms with Gasteiger partial charge in [-0.3, -0.25) is 0 Å². The molecule has 0 bridgehead atoms. The van der Waals surface area contributed by atoms with Crippen LogP contribution in [0.25, 0.3) is 0 Å². The summed E-state index contributed by atoms with van der Waals surface area (Å²) in [6, 6.07) is 0.583. The van der Waals surface area contributed by atoms with E-state index in [-0.39, 0.29) is 0 Å². The molecule has 1 N–H and O–H groups in total. The molecule has 0 aromatic carbocycles. The maximum atomic E-state index is 9.48. The lowest BCUT2D eigenvalue weighted by Gasteiger charge is -2.34. The minimum Gasteiger partial charge on any atom is -0.387 e. The van der Waals surface area contributed by atoms with Crippen LogP contribution in [0.4, 0.5) is 5.13 Å². The third kappa shape index (κ3) is 2.97. The first-order valence-corrected chi connectivity index (χ1v) is 7.00. The Balaban J connectivity index is 2.01. The van der Waals surface area contributed by atoms with Gasteiger partial charge in [-0.15, -0.1) is 11.3 Å². The second-order valence-corrected chi connectivity index (χ2v) is 5.71. The molecule has 1 atom stereocenters. The third-order valence-electron chi connectivity index (χ3n) is 3.48. The number of aromatic nitrogens is 1. The van der Waals surface area contributed by atoms with E-state index < -0.39 is 6.10 Å². The average molecular weight is 255 g/mol. The van der Waals surface area contributed by atoms with Gasteiger partial charge in [0.15, 0.2) is 5.13 Å². The lowest BCUT2D eigenvalue weighted by Crippen LogP contribution is -2.41. The number of thiazole rings is 1. The highest BCUT2D eigenvalue weighted by molar-refractivity contribution is 7.13. The summed E-state index contributed by atoms with van der Waals surface area (Å²) in [5, 5.41) is 12.5. The van der Waals surface area contributed by atoms with E-state index in [9.17, 15) is 5.11 Å². The van der Waals surface area contributed by atoms with Crippen LogP contribution in [-0.2, 0) is 0 Å². The Morgan fingerprint density at radius 3 is 2.71 bits per heavy atom. The van der Waals surface area contributed by atoms with Gasteiger partial charge < -0.3 is 14.9 Å². The summed E-state index contributed by atoms with van der Waals surface area (Å²) in [4.78, 5) is 9.12. The number of aliphatic hydroxyl groups excluding tert-OH is 1. The van der Waals surface area contributed by atoms with Gasteiger partial charge in [0.1, 0.15) is 0 Å². The Morgan fingerprint density at radius 1 is 1.53 bits per heavy atom. The van der Waals surface area contributed by atoms with Crippen molar-refractivity contribution in [2.24, 2.45) is 0 Å². The second-order valence-electron chi connectivity index (χ2n) is 4.88. The van der Waals surface area contributed by atoms with Gasteiger partial charge in [-0.25, -0.2) is 4.98 Å². The van der Waals surface area contributed by atoms with Crippen molar-refractivity contribution in [3.63, 3.8) is 0 Å². The largest absolute Gasteiger partial charge is 0.387 e. The standard InChI is InChI=1S/C12H21N3OS/c1-9(16)11-8-17-12(13-11)15(3)10-4-6-14(2)7-5-10/h8-10,16H,4-7H2,1-3H3. The molecule has 0 aliphatic carbocycles. The molecule has 1 saturated heterocycles. The van der Waals surface area contributed by atoms with Crippen LogP contribution in [-0.4, -0.2) is 48.2 Å². The molecule has 0 radical (unpaired) electrons. The zero-order valence-electron chi connectivity index (χ0n) is 10.8. The summed E-state index contributed by atoms with van der Waals surface area (Å²) >= 11 is 1.62. The van der Waals surface area contributed by atoms with Crippen molar-refractivity contribution in [3.8, 4) is 0 Å². The zero-order valence-corrected chi connectivity index (χ0v) is 11.6. The van der Waals surface area contributed by atoms with Crippen molar-refractivity contribution in [1.82, 2.24) is 9.88 Å². The van der Waals surface area contributed by atoms with Crippen LogP contribution in [0.5, 0.6) is 0 Å². The minimum atomic E-state index is -0.467. The fourth-order valence-electron chi connectivity index (χ4n) is 2.17. The van der Waals surface area contributed by atoms with Crippen LogP contribution in [0.2, 0.25) is 0 Å². The molecule has 0 spiro atoms. The highest BCUT2D eigenvalue weighted by Gasteiger charge is 2.22. The Morgan fingerprint density at radius 2 is 2.18 bits per heavy atom. The summed E-state index contributed by atoms with van der Waals surface area (Å²) < 4.78 is 0. The van der Waals surface area contributed by atoms with Crippen molar-refractivity contribution in [1.29, 1.82) is 0 Å². The molecular weight excluding hydrogens is 234 g/mol. The first-order valence-electron chi connectivity index (χ1n) is 6.13. The monoisotopic (exact) mass is 255 g/mol. The van der Waals surface area contributed by atoms with Gasteiger partial charge in [0.25, 0.3) is 0 Å². The predicted molar refractivity (Wildman–Crippen MR) is 71.7 cm³/mol. The van der Waals surface area contributed by atoms with Gasteiger partial charge in [0, 0.05) is 18.5 Å². The molecule has 2 rings (SSSR count). The Labute approximate surface area is 107 Å². The smallest absolute Gasteiger partial charge is 0.185 e. The summed E-state index contributed by atoms with van der Waals surface area (Å²) in [7, 11) is 4.28. The lowest BCUT2D eigenvalue weighted by atomic mass is 10.0. The fraction of sp³-hybridized carbons (Fsp3) is 0.750. The molecule has 1 aliphatic rings. The van der Waals surface area contributed by atoms with Gasteiger partial charge in [-0.2, -0.15) is 0 Å². The molecule has 0 saturated carbocycles. The van der Waals surface area contributed by atoms with Gasteiger partial charge >= 0.3 is 0 Å². The van der Waals surface area contributed by atoms with E-state index in [4.69, 9.17) is 0 Å². The molecule has 1 aliphatic heterocycles. The van der Waals surface area contributed by atoms with Crippen molar-refractivity contribution in [3.05, 3.63) is 11.1 Å².